The zero-order valence-corrected chi connectivity index (χ0v) is 11.7. The lowest BCUT2D eigenvalue weighted by molar-refractivity contribution is 0.545. The van der Waals surface area contributed by atoms with Crippen molar-refractivity contribution in [2.45, 2.75) is 32.6 Å². The first-order valence-corrected chi connectivity index (χ1v) is 6.97. The predicted octanol–water partition coefficient (Wildman–Crippen LogP) is 5.64. The van der Waals surface area contributed by atoms with Crippen LogP contribution in [0.15, 0.2) is 30.3 Å². The fourth-order valence-corrected chi connectivity index (χ4v) is 2.31. The third-order valence-corrected chi connectivity index (χ3v) is 3.42. The average molecular weight is 296 g/mol. The van der Waals surface area contributed by atoms with Gasteiger partial charge in [-0.1, -0.05) is 25.8 Å². The molecular weight excluding hydrogens is 280 g/mol. The highest BCUT2D eigenvalue weighted by Crippen LogP contribution is 2.29. The van der Waals surface area contributed by atoms with Crippen molar-refractivity contribution in [3.8, 4) is 11.1 Å². The molecular formula is C17H16F4. The van der Waals surface area contributed by atoms with Crippen LogP contribution in [0.5, 0.6) is 0 Å². The van der Waals surface area contributed by atoms with Crippen molar-refractivity contribution in [3.63, 3.8) is 0 Å². The molecule has 0 aliphatic rings. The number of rotatable bonds is 5. The van der Waals surface area contributed by atoms with E-state index in [1.165, 1.54) is 6.07 Å². The summed E-state index contributed by atoms with van der Waals surface area (Å²) < 4.78 is 55.3. The Morgan fingerprint density at radius 1 is 0.810 bits per heavy atom. The molecule has 112 valence electrons. The van der Waals surface area contributed by atoms with Crippen LogP contribution in [-0.4, -0.2) is 0 Å². The summed E-state index contributed by atoms with van der Waals surface area (Å²) in [5.74, 6) is -3.20. The molecule has 0 fully saturated rings. The normalized spacial score (nSPS) is 10.9. The van der Waals surface area contributed by atoms with Gasteiger partial charge in [0, 0.05) is 5.56 Å². The fraction of sp³-hybridized carbons (Fsp3) is 0.294. The molecule has 2 aromatic carbocycles. The van der Waals surface area contributed by atoms with Crippen LogP contribution < -0.4 is 0 Å². The molecule has 0 N–H and O–H groups in total. The van der Waals surface area contributed by atoms with Crippen molar-refractivity contribution >= 4 is 0 Å². The molecule has 0 unspecified atom stereocenters. The van der Waals surface area contributed by atoms with Crippen LogP contribution in [-0.2, 0) is 6.42 Å². The smallest absolute Gasteiger partial charge is 0.133 e. The van der Waals surface area contributed by atoms with E-state index in [1.807, 2.05) is 6.92 Å². The van der Waals surface area contributed by atoms with Crippen molar-refractivity contribution in [1.82, 2.24) is 0 Å². The lowest BCUT2D eigenvalue weighted by atomic mass is 9.99. The van der Waals surface area contributed by atoms with Gasteiger partial charge in [-0.25, -0.2) is 17.6 Å². The second kappa shape index (κ2) is 6.74. The maximum atomic E-state index is 14.0. The Morgan fingerprint density at radius 3 is 1.90 bits per heavy atom. The van der Waals surface area contributed by atoms with E-state index in [9.17, 15) is 17.6 Å². The predicted molar refractivity (Wildman–Crippen MR) is 74.9 cm³/mol. The molecule has 0 amide bonds. The summed E-state index contributed by atoms with van der Waals surface area (Å²) in [4.78, 5) is 0. The first-order chi connectivity index (χ1) is 10.0. The zero-order valence-electron chi connectivity index (χ0n) is 11.7. The zero-order chi connectivity index (χ0) is 15.4. The minimum Gasteiger partial charge on any atom is -0.207 e. The minimum atomic E-state index is -0.840. The van der Waals surface area contributed by atoms with Gasteiger partial charge < -0.3 is 0 Å². The van der Waals surface area contributed by atoms with Crippen molar-refractivity contribution in [1.29, 1.82) is 0 Å². The van der Waals surface area contributed by atoms with E-state index in [0.717, 1.165) is 37.1 Å². The van der Waals surface area contributed by atoms with Crippen LogP contribution >= 0.6 is 0 Å². The minimum absolute atomic E-state index is 0.0241. The molecule has 0 nitrogen and oxygen atoms in total. The lowest BCUT2D eigenvalue weighted by Gasteiger charge is -2.10. The van der Waals surface area contributed by atoms with E-state index < -0.39 is 28.8 Å². The summed E-state index contributed by atoms with van der Waals surface area (Å²) in [5.41, 5.74) is -0.556. The van der Waals surface area contributed by atoms with Crippen molar-refractivity contribution < 1.29 is 17.6 Å². The Kier molecular flexibility index (Phi) is 4.99. The lowest BCUT2D eigenvalue weighted by Crippen LogP contribution is -1.99. The third kappa shape index (κ3) is 3.43. The van der Waals surface area contributed by atoms with Crippen molar-refractivity contribution in [3.05, 3.63) is 59.2 Å². The molecule has 0 radical (unpaired) electrons. The van der Waals surface area contributed by atoms with Gasteiger partial charge in [0.25, 0.3) is 0 Å². The first-order valence-electron chi connectivity index (χ1n) is 6.97. The number of halogens is 4. The van der Waals surface area contributed by atoms with Gasteiger partial charge in [0.1, 0.15) is 23.3 Å². The van der Waals surface area contributed by atoms with Crippen LogP contribution in [0, 0.1) is 23.3 Å². The molecule has 0 aromatic heterocycles. The first kappa shape index (κ1) is 15.5. The van der Waals surface area contributed by atoms with Crippen LogP contribution in [0.25, 0.3) is 11.1 Å². The van der Waals surface area contributed by atoms with Gasteiger partial charge in [-0.3, -0.25) is 0 Å². The Labute approximate surface area is 121 Å². The van der Waals surface area contributed by atoms with E-state index in [4.69, 9.17) is 0 Å². The monoisotopic (exact) mass is 296 g/mol. The van der Waals surface area contributed by atoms with E-state index in [-0.39, 0.29) is 17.5 Å². The molecule has 0 atom stereocenters. The Balaban J connectivity index is 2.40. The quantitative estimate of drug-likeness (QED) is 0.494. The molecule has 4 heteroatoms. The summed E-state index contributed by atoms with van der Waals surface area (Å²) in [6.07, 6.45) is 2.79. The second-order valence-electron chi connectivity index (χ2n) is 4.97. The molecule has 0 saturated carbocycles. The Bertz CT molecular complexity index is 591. The van der Waals surface area contributed by atoms with Crippen LogP contribution in [0.4, 0.5) is 17.6 Å². The summed E-state index contributed by atoms with van der Waals surface area (Å²) >= 11 is 0. The van der Waals surface area contributed by atoms with Gasteiger partial charge in [-0.2, -0.15) is 0 Å². The number of unbranched alkanes of at least 4 members (excludes halogenated alkanes) is 2. The number of hydrogen-bond donors (Lipinski definition) is 0. The number of hydrogen-bond acceptors (Lipinski definition) is 0. The average Bonchev–Trinajstić information content (AvgIpc) is 2.42. The highest BCUT2D eigenvalue weighted by atomic mass is 19.1. The largest absolute Gasteiger partial charge is 0.207 e. The van der Waals surface area contributed by atoms with Crippen LogP contribution in [0.1, 0.15) is 31.7 Å². The third-order valence-electron chi connectivity index (χ3n) is 3.42. The molecule has 0 bridgehead atoms. The van der Waals surface area contributed by atoms with E-state index in [1.54, 1.807) is 0 Å². The van der Waals surface area contributed by atoms with Gasteiger partial charge in [0.05, 0.1) is 5.56 Å². The SMILES string of the molecule is CCCCCc1c(F)cc(-c2c(F)cccc2F)cc1F. The Morgan fingerprint density at radius 2 is 1.38 bits per heavy atom. The van der Waals surface area contributed by atoms with Gasteiger partial charge in [0.2, 0.25) is 0 Å². The molecule has 0 saturated heterocycles. The van der Waals surface area contributed by atoms with E-state index >= 15 is 0 Å². The molecule has 0 aliphatic carbocycles. The second-order valence-corrected chi connectivity index (χ2v) is 4.97. The Hall–Kier alpha value is -1.84. The molecule has 0 heterocycles. The van der Waals surface area contributed by atoms with Crippen LogP contribution in [0.3, 0.4) is 0 Å². The van der Waals surface area contributed by atoms with Gasteiger partial charge >= 0.3 is 0 Å². The van der Waals surface area contributed by atoms with Crippen molar-refractivity contribution in [2.75, 3.05) is 0 Å². The molecule has 21 heavy (non-hydrogen) atoms. The summed E-state index contributed by atoms with van der Waals surface area (Å²) in [7, 11) is 0. The number of benzene rings is 2. The fourth-order valence-electron chi connectivity index (χ4n) is 2.31. The molecule has 0 aliphatic heterocycles. The molecule has 2 aromatic rings. The molecule has 2 rings (SSSR count). The maximum Gasteiger partial charge on any atom is 0.133 e. The summed E-state index contributed by atoms with van der Waals surface area (Å²) in [5, 5.41) is 0. The van der Waals surface area contributed by atoms with Gasteiger partial charge in [-0.15, -0.1) is 0 Å². The van der Waals surface area contributed by atoms with Crippen LogP contribution in [0.2, 0.25) is 0 Å². The van der Waals surface area contributed by atoms with E-state index in [2.05, 4.69) is 0 Å². The maximum absolute atomic E-state index is 14.0. The topological polar surface area (TPSA) is 0 Å². The summed E-state index contributed by atoms with van der Waals surface area (Å²) in [6, 6.07) is 5.31. The van der Waals surface area contributed by atoms with Crippen molar-refractivity contribution in [2.24, 2.45) is 0 Å². The molecule has 0 spiro atoms. The highest BCUT2D eigenvalue weighted by Gasteiger charge is 2.16. The van der Waals surface area contributed by atoms with Gasteiger partial charge in [-0.05, 0) is 42.7 Å². The van der Waals surface area contributed by atoms with E-state index in [0.29, 0.717) is 6.42 Å². The standard InChI is InChI=1S/C17H16F4/c1-2-3-4-6-12-15(20)9-11(10-16(12)21)17-13(18)7-5-8-14(17)19/h5,7-10H,2-4,6H2,1H3. The highest BCUT2D eigenvalue weighted by molar-refractivity contribution is 5.65. The summed E-state index contributed by atoms with van der Waals surface area (Å²) in [6.45, 7) is 2.00. The van der Waals surface area contributed by atoms with Gasteiger partial charge in [0.15, 0.2) is 0 Å².